The SMILES string of the molecule is CCCc1ccc(S(=O)(=O)Nc2ccc(-c3nnc4n3CCCCC4)cc2)cc1. The molecule has 2 aromatic carbocycles. The van der Waals surface area contributed by atoms with E-state index in [1.54, 1.807) is 24.3 Å². The van der Waals surface area contributed by atoms with Gasteiger partial charge in [-0.05, 0) is 61.2 Å². The van der Waals surface area contributed by atoms with Crippen LogP contribution in [0.25, 0.3) is 11.4 Å². The quantitative estimate of drug-likeness (QED) is 0.652. The zero-order valence-corrected chi connectivity index (χ0v) is 17.5. The number of benzene rings is 2. The van der Waals surface area contributed by atoms with Crippen molar-refractivity contribution in [3.8, 4) is 11.4 Å². The summed E-state index contributed by atoms with van der Waals surface area (Å²) in [5.41, 5.74) is 2.61. The molecule has 1 aliphatic rings. The molecule has 0 bridgehead atoms. The summed E-state index contributed by atoms with van der Waals surface area (Å²) in [6.07, 6.45) is 6.43. The van der Waals surface area contributed by atoms with Crippen molar-refractivity contribution >= 4 is 15.7 Å². The Morgan fingerprint density at radius 1 is 0.966 bits per heavy atom. The smallest absolute Gasteiger partial charge is 0.261 e. The van der Waals surface area contributed by atoms with E-state index in [1.807, 2.05) is 24.3 Å². The molecule has 0 radical (unpaired) electrons. The van der Waals surface area contributed by atoms with Gasteiger partial charge in [0.05, 0.1) is 4.90 Å². The van der Waals surface area contributed by atoms with E-state index < -0.39 is 10.0 Å². The second-order valence-electron chi connectivity index (χ2n) is 7.48. The van der Waals surface area contributed by atoms with Gasteiger partial charge in [0, 0.05) is 24.2 Å². The maximum Gasteiger partial charge on any atom is 0.261 e. The predicted molar refractivity (Wildman–Crippen MR) is 114 cm³/mol. The first kappa shape index (κ1) is 19.6. The third-order valence-electron chi connectivity index (χ3n) is 5.28. The number of nitrogens with one attached hydrogen (secondary N) is 1. The number of sulfonamides is 1. The molecule has 0 saturated heterocycles. The topological polar surface area (TPSA) is 76.9 Å². The number of anilines is 1. The molecule has 0 unspecified atom stereocenters. The van der Waals surface area contributed by atoms with Crippen molar-refractivity contribution < 1.29 is 8.42 Å². The molecule has 0 atom stereocenters. The Kier molecular flexibility index (Phi) is 5.67. The van der Waals surface area contributed by atoms with Crippen LogP contribution in [0.1, 0.15) is 44.0 Å². The molecule has 152 valence electrons. The molecule has 2 heterocycles. The van der Waals surface area contributed by atoms with E-state index >= 15 is 0 Å². The van der Waals surface area contributed by atoms with Crippen LogP contribution < -0.4 is 4.72 Å². The number of fused-ring (bicyclic) bond motifs is 1. The molecule has 0 fully saturated rings. The average molecular weight is 411 g/mol. The fraction of sp³-hybridized carbons (Fsp3) is 0.364. The highest BCUT2D eigenvalue weighted by Crippen LogP contribution is 2.25. The van der Waals surface area contributed by atoms with Crippen molar-refractivity contribution in [3.63, 3.8) is 0 Å². The zero-order chi connectivity index (χ0) is 20.3. The highest BCUT2D eigenvalue weighted by molar-refractivity contribution is 7.92. The van der Waals surface area contributed by atoms with Gasteiger partial charge in [0.15, 0.2) is 5.82 Å². The van der Waals surface area contributed by atoms with Gasteiger partial charge in [0.25, 0.3) is 10.0 Å². The van der Waals surface area contributed by atoms with E-state index in [-0.39, 0.29) is 4.90 Å². The summed E-state index contributed by atoms with van der Waals surface area (Å²) in [5, 5.41) is 8.70. The molecule has 0 saturated carbocycles. The van der Waals surface area contributed by atoms with Gasteiger partial charge in [-0.25, -0.2) is 8.42 Å². The molecule has 1 N–H and O–H groups in total. The minimum Gasteiger partial charge on any atom is -0.311 e. The number of nitrogens with zero attached hydrogens (tertiary/aromatic N) is 3. The van der Waals surface area contributed by atoms with E-state index in [4.69, 9.17) is 0 Å². The van der Waals surface area contributed by atoms with Gasteiger partial charge in [-0.2, -0.15) is 0 Å². The summed E-state index contributed by atoms with van der Waals surface area (Å²) in [7, 11) is -3.61. The van der Waals surface area contributed by atoms with Crippen molar-refractivity contribution in [2.24, 2.45) is 0 Å². The molecule has 0 aliphatic carbocycles. The van der Waals surface area contributed by atoms with Gasteiger partial charge in [0.1, 0.15) is 5.82 Å². The molecule has 29 heavy (non-hydrogen) atoms. The Morgan fingerprint density at radius 2 is 1.72 bits per heavy atom. The van der Waals surface area contributed by atoms with E-state index in [0.717, 1.165) is 61.4 Å². The Labute approximate surface area is 172 Å². The lowest BCUT2D eigenvalue weighted by molar-refractivity contribution is 0.601. The van der Waals surface area contributed by atoms with Crippen molar-refractivity contribution in [2.45, 2.75) is 56.9 Å². The van der Waals surface area contributed by atoms with Crippen LogP contribution in [0.5, 0.6) is 0 Å². The normalized spacial score (nSPS) is 14.2. The van der Waals surface area contributed by atoms with Crippen LogP contribution in [0.15, 0.2) is 53.4 Å². The summed E-state index contributed by atoms with van der Waals surface area (Å²) in [6.45, 7) is 3.03. The lowest BCUT2D eigenvalue weighted by Crippen LogP contribution is -2.13. The highest BCUT2D eigenvalue weighted by atomic mass is 32.2. The fourth-order valence-electron chi connectivity index (χ4n) is 3.72. The summed E-state index contributed by atoms with van der Waals surface area (Å²) < 4.78 is 30.2. The van der Waals surface area contributed by atoms with Gasteiger partial charge < -0.3 is 4.57 Å². The largest absolute Gasteiger partial charge is 0.311 e. The van der Waals surface area contributed by atoms with Crippen LogP contribution >= 0.6 is 0 Å². The van der Waals surface area contributed by atoms with Crippen molar-refractivity contribution in [3.05, 3.63) is 59.9 Å². The van der Waals surface area contributed by atoms with E-state index in [9.17, 15) is 8.42 Å². The van der Waals surface area contributed by atoms with Crippen LogP contribution in [-0.4, -0.2) is 23.2 Å². The van der Waals surface area contributed by atoms with Crippen molar-refractivity contribution in [2.75, 3.05) is 4.72 Å². The minimum atomic E-state index is -3.61. The summed E-state index contributed by atoms with van der Waals surface area (Å²) in [4.78, 5) is 0.268. The van der Waals surface area contributed by atoms with Gasteiger partial charge in [-0.1, -0.05) is 31.9 Å². The maximum absolute atomic E-state index is 12.7. The molecule has 7 heteroatoms. The molecule has 1 aliphatic heterocycles. The molecule has 6 nitrogen and oxygen atoms in total. The van der Waals surface area contributed by atoms with Crippen molar-refractivity contribution in [1.82, 2.24) is 14.8 Å². The Morgan fingerprint density at radius 3 is 2.45 bits per heavy atom. The lowest BCUT2D eigenvalue weighted by Gasteiger charge is -2.10. The van der Waals surface area contributed by atoms with Crippen molar-refractivity contribution in [1.29, 1.82) is 0 Å². The average Bonchev–Trinajstić information content (AvgIpc) is 2.97. The second kappa shape index (κ2) is 8.37. The van der Waals surface area contributed by atoms with Crippen LogP contribution in [-0.2, 0) is 29.4 Å². The molecular weight excluding hydrogens is 384 g/mol. The molecule has 3 aromatic rings. The monoisotopic (exact) mass is 410 g/mol. The van der Waals surface area contributed by atoms with Crippen LogP contribution in [0.3, 0.4) is 0 Å². The number of hydrogen-bond donors (Lipinski definition) is 1. The van der Waals surface area contributed by atoms with Crippen LogP contribution in [0, 0.1) is 0 Å². The number of hydrogen-bond acceptors (Lipinski definition) is 4. The minimum absolute atomic E-state index is 0.268. The van der Waals surface area contributed by atoms with E-state index in [2.05, 4.69) is 26.4 Å². The van der Waals surface area contributed by atoms with Gasteiger partial charge in [0.2, 0.25) is 0 Å². The summed E-state index contributed by atoms with van der Waals surface area (Å²) >= 11 is 0. The van der Waals surface area contributed by atoms with Crippen LogP contribution in [0.4, 0.5) is 5.69 Å². The van der Waals surface area contributed by atoms with E-state index in [1.165, 1.54) is 6.42 Å². The van der Waals surface area contributed by atoms with Gasteiger partial charge >= 0.3 is 0 Å². The van der Waals surface area contributed by atoms with Gasteiger partial charge in [-0.3, -0.25) is 4.72 Å². The first-order valence-electron chi connectivity index (χ1n) is 10.2. The summed E-state index contributed by atoms with van der Waals surface area (Å²) in [5.74, 6) is 1.89. The first-order valence-corrected chi connectivity index (χ1v) is 11.7. The fourth-order valence-corrected chi connectivity index (χ4v) is 4.78. The Balaban J connectivity index is 1.52. The summed E-state index contributed by atoms with van der Waals surface area (Å²) in [6, 6.07) is 14.4. The van der Waals surface area contributed by atoms with E-state index in [0.29, 0.717) is 5.69 Å². The zero-order valence-electron chi connectivity index (χ0n) is 16.6. The third-order valence-corrected chi connectivity index (χ3v) is 6.67. The molecule has 4 rings (SSSR count). The number of aryl methyl sites for hydroxylation is 2. The highest BCUT2D eigenvalue weighted by Gasteiger charge is 2.17. The Bertz CT molecular complexity index is 1070. The lowest BCUT2D eigenvalue weighted by atomic mass is 10.1. The number of rotatable bonds is 6. The third kappa shape index (κ3) is 4.34. The molecule has 0 spiro atoms. The molecule has 0 amide bonds. The second-order valence-corrected chi connectivity index (χ2v) is 9.16. The molecule has 1 aromatic heterocycles. The number of aromatic nitrogens is 3. The first-order chi connectivity index (χ1) is 14.1. The van der Waals surface area contributed by atoms with Crippen LogP contribution in [0.2, 0.25) is 0 Å². The Hall–Kier alpha value is -2.67. The molecular formula is C22H26N4O2S. The maximum atomic E-state index is 12.7. The standard InChI is InChI=1S/C22H26N4O2S/c1-2-6-17-8-14-20(15-9-17)29(27,28)25-19-12-10-18(11-13-19)22-24-23-21-7-4-3-5-16-26(21)22/h8-15,25H,2-7,16H2,1H3. The predicted octanol–water partition coefficient (Wildman–Crippen LogP) is 4.42. The van der Waals surface area contributed by atoms with Gasteiger partial charge in [-0.15, -0.1) is 10.2 Å².